The number of carbonyl (C=O) groups excluding carboxylic acids is 3. The lowest BCUT2D eigenvalue weighted by molar-refractivity contribution is -0.393. The number of carbonyl (C=O) groups is 3. The number of non-ortho nitro benzene ring substituents is 1. The van der Waals surface area contributed by atoms with Crippen molar-refractivity contribution < 1.29 is 46.3 Å². The van der Waals surface area contributed by atoms with Gasteiger partial charge in [0.05, 0.1) is 40.9 Å². The lowest BCUT2D eigenvalue weighted by Gasteiger charge is -2.25. The third kappa shape index (κ3) is 13.8. The molecule has 2 amide bonds. The Balaban J connectivity index is 3.19. The van der Waals surface area contributed by atoms with Gasteiger partial charge in [-0.05, 0) is 33.1 Å². The van der Waals surface area contributed by atoms with Crippen LogP contribution in [0.5, 0.6) is 0 Å². The lowest BCUT2D eigenvalue weighted by Crippen LogP contribution is -2.45. The predicted molar refractivity (Wildman–Crippen MR) is 162 cm³/mol. The van der Waals surface area contributed by atoms with Gasteiger partial charge in [0.15, 0.2) is 0 Å². The number of nitro groups is 2. The second-order valence-electron chi connectivity index (χ2n) is 10.8. The second kappa shape index (κ2) is 17.0. The number of nitrogens with one attached hydrogen (secondary N) is 2. The van der Waals surface area contributed by atoms with E-state index in [9.17, 15) is 43.0 Å². The second-order valence-corrected chi connectivity index (χ2v) is 13.3. The highest BCUT2D eigenvalue weighted by Crippen LogP contribution is 2.36. The molecule has 2 N–H and O–H groups in total. The van der Waals surface area contributed by atoms with Gasteiger partial charge < -0.3 is 25.0 Å². The first kappa shape index (κ1) is 38.4. The Bertz CT molecular complexity index is 1320. The molecule has 1 atom stereocenters. The molecular weight excluding hydrogens is 674 g/mol. The van der Waals surface area contributed by atoms with E-state index < -0.39 is 73.1 Å². The number of rotatable bonds is 17. The van der Waals surface area contributed by atoms with Crippen LogP contribution >= 0.6 is 15.9 Å². The van der Waals surface area contributed by atoms with E-state index in [1.54, 1.807) is 20.8 Å². The zero-order valence-electron chi connectivity index (χ0n) is 25.3. The number of amides is 2. The van der Waals surface area contributed by atoms with Crippen LogP contribution in [0.3, 0.4) is 0 Å². The average Bonchev–Trinajstić information content (AvgIpc) is 2.87. The molecule has 44 heavy (non-hydrogen) atoms. The van der Waals surface area contributed by atoms with Gasteiger partial charge in [0.25, 0.3) is 27.4 Å². The maximum atomic E-state index is 13.2. The lowest BCUT2D eigenvalue weighted by atomic mass is 10.0. The van der Waals surface area contributed by atoms with Crippen LogP contribution in [0.2, 0.25) is 0 Å². The van der Waals surface area contributed by atoms with Crippen molar-refractivity contribution in [1.29, 1.82) is 0 Å². The molecule has 0 bridgehead atoms. The minimum Gasteiger partial charge on any atom is -0.462 e. The Morgan fingerprint density at radius 1 is 1.07 bits per heavy atom. The van der Waals surface area contributed by atoms with E-state index in [4.69, 9.17) is 13.7 Å². The molecule has 0 aliphatic carbocycles. The van der Waals surface area contributed by atoms with Crippen molar-refractivity contribution in [2.75, 3.05) is 49.3 Å². The predicted octanol–water partition coefficient (Wildman–Crippen LogP) is 2.89. The van der Waals surface area contributed by atoms with Crippen LogP contribution in [-0.4, -0.2) is 92.3 Å². The van der Waals surface area contributed by atoms with E-state index in [0.29, 0.717) is 6.07 Å². The summed E-state index contributed by atoms with van der Waals surface area (Å²) < 4.78 is 38.0. The number of hydrogen-bond donors (Lipinski definition) is 2. The van der Waals surface area contributed by atoms with Crippen molar-refractivity contribution in [1.82, 2.24) is 10.6 Å². The Morgan fingerprint density at radius 3 is 2.20 bits per heavy atom. The fourth-order valence-corrected chi connectivity index (χ4v) is 4.54. The molecule has 0 aliphatic rings. The number of hydrogen-bond acceptors (Lipinski definition) is 13. The number of halogens is 1. The molecule has 0 fully saturated rings. The van der Waals surface area contributed by atoms with Crippen molar-refractivity contribution in [2.45, 2.75) is 52.7 Å². The van der Waals surface area contributed by atoms with E-state index in [0.717, 1.165) is 12.3 Å². The maximum absolute atomic E-state index is 13.2. The first-order valence-corrected chi connectivity index (χ1v) is 16.3. The highest BCUT2D eigenvalue weighted by Gasteiger charge is 2.31. The van der Waals surface area contributed by atoms with Gasteiger partial charge in [0, 0.05) is 24.5 Å². The van der Waals surface area contributed by atoms with Crippen LogP contribution in [0, 0.1) is 26.1 Å². The Kier molecular flexibility index (Phi) is 14.9. The van der Waals surface area contributed by atoms with Gasteiger partial charge >= 0.3 is 12.1 Å². The number of nitro benzene ring substituents is 2. The topological polar surface area (TPSA) is 227 Å². The van der Waals surface area contributed by atoms with Crippen LogP contribution < -0.4 is 15.5 Å². The normalized spacial score (nSPS) is 12.3. The molecule has 1 unspecified atom stereocenters. The quantitative estimate of drug-likeness (QED) is 0.0592. The van der Waals surface area contributed by atoms with Gasteiger partial charge in [-0.1, -0.05) is 29.8 Å². The summed E-state index contributed by atoms with van der Waals surface area (Å²) in [6.45, 7) is 7.37. The zero-order chi connectivity index (χ0) is 33.8. The van der Waals surface area contributed by atoms with Gasteiger partial charge in [-0.15, -0.1) is 0 Å². The van der Waals surface area contributed by atoms with Gasteiger partial charge in [-0.2, -0.15) is 8.42 Å². The third-order valence-electron chi connectivity index (χ3n) is 5.37. The van der Waals surface area contributed by atoms with Crippen LogP contribution in [0.15, 0.2) is 12.1 Å². The fraction of sp³-hybridized carbons (Fsp3) is 0.640. The van der Waals surface area contributed by atoms with Crippen molar-refractivity contribution in [2.24, 2.45) is 5.92 Å². The summed E-state index contributed by atoms with van der Waals surface area (Å²) in [5.41, 5.74) is -3.04. The van der Waals surface area contributed by atoms with E-state index >= 15 is 0 Å². The van der Waals surface area contributed by atoms with Crippen LogP contribution in [-0.2, 0) is 28.6 Å². The van der Waals surface area contributed by atoms with E-state index in [1.165, 1.54) is 4.90 Å². The van der Waals surface area contributed by atoms with E-state index in [2.05, 4.69) is 26.6 Å². The summed E-state index contributed by atoms with van der Waals surface area (Å²) in [6, 6.07) is 0.503. The Labute approximate surface area is 263 Å². The molecule has 0 saturated carbocycles. The van der Waals surface area contributed by atoms with Crippen LogP contribution in [0.1, 0.15) is 51.4 Å². The molecule has 0 spiro atoms. The Morgan fingerprint density at radius 2 is 1.70 bits per heavy atom. The molecule has 0 saturated heterocycles. The number of nitrogens with zero attached hydrogens (tertiary/aromatic N) is 3. The minimum absolute atomic E-state index is 0.00410. The summed E-state index contributed by atoms with van der Waals surface area (Å²) >= 11 is 3.20. The van der Waals surface area contributed by atoms with E-state index in [-0.39, 0.29) is 49.6 Å². The number of alkyl halides is 1. The van der Waals surface area contributed by atoms with Crippen LogP contribution in [0.25, 0.3) is 0 Å². The standard InChI is InChI=1S/C25H38BrN5O12S/c1-16(2)13-19(28-24(34)43-25(3,4)5)23(33)41-11-8-27-22(32)18-14-17(30(35)36)15-20(31(37)38)21(18)29(9-7-26)10-12-42-44(6,39)40/h14-16,19H,7-13H2,1-6H3,(H,27,32)(H,28,34). The largest absolute Gasteiger partial charge is 0.462 e. The summed E-state index contributed by atoms with van der Waals surface area (Å²) in [5, 5.41) is 28.6. The maximum Gasteiger partial charge on any atom is 0.408 e. The number of ether oxygens (including phenoxy) is 2. The van der Waals surface area contributed by atoms with Crippen molar-refractivity contribution in [3.8, 4) is 0 Å². The highest BCUT2D eigenvalue weighted by molar-refractivity contribution is 9.09. The molecule has 0 radical (unpaired) electrons. The summed E-state index contributed by atoms with van der Waals surface area (Å²) in [6.07, 6.45) is 0.237. The number of anilines is 1. The number of benzene rings is 1. The van der Waals surface area contributed by atoms with Gasteiger partial charge in [-0.25, -0.2) is 9.59 Å². The van der Waals surface area contributed by atoms with Gasteiger partial charge in [0.1, 0.15) is 23.9 Å². The van der Waals surface area contributed by atoms with Crippen molar-refractivity contribution in [3.05, 3.63) is 37.9 Å². The molecule has 0 heterocycles. The monoisotopic (exact) mass is 711 g/mol. The summed E-state index contributed by atoms with van der Waals surface area (Å²) in [5.74, 6) is -1.76. The van der Waals surface area contributed by atoms with Crippen molar-refractivity contribution in [3.63, 3.8) is 0 Å². The molecule has 19 heteroatoms. The van der Waals surface area contributed by atoms with E-state index in [1.807, 2.05) is 13.8 Å². The third-order valence-corrected chi connectivity index (χ3v) is 6.32. The molecule has 248 valence electrons. The fourth-order valence-electron chi connectivity index (χ4n) is 3.74. The SMILES string of the molecule is CC(C)CC(NC(=O)OC(C)(C)C)C(=O)OCCNC(=O)c1cc([N+](=O)[O-])cc([N+](=O)[O-])c1N(CCBr)CCOS(C)(=O)=O. The highest BCUT2D eigenvalue weighted by atomic mass is 79.9. The van der Waals surface area contributed by atoms with Crippen LogP contribution in [0.4, 0.5) is 21.9 Å². The first-order chi connectivity index (χ1) is 20.3. The molecular formula is C25H38BrN5O12S. The van der Waals surface area contributed by atoms with Gasteiger partial charge in [-0.3, -0.25) is 29.2 Å². The summed E-state index contributed by atoms with van der Waals surface area (Å²) in [7, 11) is -3.85. The zero-order valence-corrected chi connectivity index (χ0v) is 27.7. The number of alkyl carbamates (subject to hydrolysis) is 1. The molecule has 1 aromatic rings. The first-order valence-electron chi connectivity index (χ1n) is 13.3. The van der Waals surface area contributed by atoms with Crippen molar-refractivity contribution >= 4 is 61.1 Å². The molecule has 1 rings (SSSR count). The number of esters is 1. The molecule has 1 aromatic carbocycles. The van der Waals surface area contributed by atoms with Gasteiger partial charge in [0.2, 0.25) is 0 Å². The average molecular weight is 713 g/mol. The minimum atomic E-state index is -3.85. The smallest absolute Gasteiger partial charge is 0.408 e. The molecule has 17 nitrogen and oxygen atoms in total. The Hall–Kier alpha value is -3.58. The molecule has 0 aliphatic heterocycles. The molecule has 0 aromatic heterocycles. The summed E-state index contributed by atoms with van der Waals surface area (Å²) in [4.78, 5) is 61.1.